The van der Waals surface area contributed by atoms with E-state index in [0.717, 1.165) is 16.1 Å². The SMILES string of the molecule is Cc1ccc(NC(=O)CNC2CCCC(C)C2C)c(Br)c1. The maximum Gasteiger partial charge on any atom is 0.238 e. The molecule has 2 N–H and O–H groups in total. The molecule has 21 heavy (non-hydrogen) atoms. The van der Waals surface area contributed by atoms with Crippen molar-refractivity contribution in [3.63, 3.8) is 0 Å². The summed E-state index contributed by atoms with van der Waals surface area (Å²) in [6, 6.07) is 6.40. The van der Waals surface area contributed by atoms with Gasteiger partial charge in [-0.25, -0.2) is 0 Å². The summed E-state index contributed by atoms with van der Waals surface area (Å²) < 4.78 is 0.926. The minimum atomic E-state index is 0.0185. The number of rotatable bonds is 4. The molecule has 0 saturated heterocycles. The molecule has 3 nitrogen and oxygen atoms in total. The van der Waals surface area contributed by atoms with Crippen LogP contribution >= 0.6 is 15.9 Å². The molecule has 4 heteroatoms. The molecule has 1 aromatic carbocycles. The zero-order chi connectivity index (χ0) is 15.4. The number of hydrogen-bond acceptors (Lipinski definition) is 2. The van der Waals surface area contributed by atoms with Crippen LogP contribution < -0.4 is 10.6 Å². The largest absolute Gasteiger partial charge is 0.324 e. The third-order valence-electron chi connectivity index (χ3n) is 4.63. The molecule has 3 atom stereocenters. The van der Waals surface area contributed by atoms with Gasteiger partial charge in [-0.15, -0.1) is 0 Å². The summed E-state index contributed by atoms with van der Waals surface area (Å²) in [5, 5.41) is 6.38. The van der Waals surface area contributed by atoms with Crippen LogP contribution in [0.3, 0.4) is 0 Å². The smallest absolute Gasteiger partial charge is 0.238 e. The fourth-order valence-electron chi connectivity index (χ4n) is 3.01. The zero-order valence-electron chi connectivity index (χ0n) is 13.1. The van der Waals surface area contributed by atoms with E-state index in [-0.39, 0.29) is 5.91 Å². The Hall–Kier alpha value is -0.870. The second-order valence-corrected chi connectivity index (χ2v) is 7.14. The van der Waals surface area contributed by atoms with Gasteiger partial charge >= 0.3 is 0 Å². The molecule has 0 radical (unpaired) electrons. The highest BCUT2D eigenvalue weighted by atomic mass is 79.9. The Morgan fingerprint density at radius 3 is 2.81 bits per heavy atom. The van der Waals surface area contributed by atoms with Gasteiger partial charge in [-0.05, 0) is 58.8 Å². The number of aryl methyl sites for hydroxylation is 1. The van der Waals surface area contributed by atoms with Crippen molar-refractivity contribution in [2.75, 3.05) is 11.9 Å². The molecule has 1 amide bonds. The average Bonchev–Trinajstić information content (AvgIpc) is 2.43. The summed E-state index contributed by atoms with van der Waals surface area (Å²) >= 11 is 3.49. The van der Waals surface area contributed by atoms with Gasteiger partial charge in [0, 0.05) is 10.5 Å². The lowest BCUT2D eigenvalue weighted by Crippen LogP contribution is -2.43. The summed E-state index contributed by atoms with van der Waals surface area (Å²) in [5.74, 6) is 1.40. The van der Waals surface area contributed by atoms with Gasteiger partial charge in [-0.1, -0.05) is 32.8 Å². The second kappa shape index (κ2) is 7.41. The fraction of sp³-hybridized carbons (Fsp3) is 0.588. The number of amides is 1. The van der Waals surface area contributed by atoms with Crippen LogP contribution in [-0.4, -0.2) is 18.5 Å². The van der Waals surface area contributed by atoms with Gasteiger partial charge < -0.3 is 10.6 Å². The maximum atomic E-state index is 12.1. The number of halogens is 1. The first-order valence-corrected chi connectivity index (χ1v) is 8.56. The Morgan fingerprint density at radius 2 is 2.10 bits per heavy atom. The lowest BCUT2D eigenvalue weighted by Gasteiger charge is -2.34. The van der Waals surface area contributed by atoms with E-state index in [1.54, 1.807) is 0 Å². The molecule has 1 aliphatic carbocycles. The van der Waals surface area contributed by atoms with Crippen molar-refractivity contribution >= 4 is 27.5 Å². The topological polar surface area (TPSA) is 41.1 Å². The van der Waals surface area contributed by atoms with E-state index in [1.807, 2.05) is 25.1 Å². The molecular weight excluding hydrogens is 328 g/mol. The van der Waals surface area contributed by atoms with E-state index < -0.39 is 0 Å². The van der Waals surface area contributed by atoms with Crippen LogP contribution in [0.15, 0.2) is 22.7 Å². The molecule has 0 spiro atoms. The third-order valence-corrected chi connectivity index (χ3v) is 5.29. The Morgan fingerprint density at radius 1 is 1.33 bits per heavy atom. The van der Waals surface area contributed by atoms with Crippen molar-refractivity contribution < 1.29 is 4.79 Å². The standard InChI is InChI=1S/C17H25BrN2O/c1-11-7-8-16(14(18)9-11)20-17(21)10-19-15-6-4-5-12(2)13(15)3/h7-9,12-13,15,19H,4-6,10H2,1-3H3,(H,20,21). The van der Waals surface area contributed by atoms with E-state index in [9.17, 15) is 4.79 Å². The quantitative estimate of drug-likeness (QED) is 0.855. The number of anilines is 1. The first kappa shape index (κ1) is 16.5. The van der Waals surface area contributed by atoms with Crippen LogP contribution in [0.2, 0.25) is 0 Å². The van der Waals surface area contributed by atoms with Crippen molar-refractivity contribution in [2.24, 2.45) is 11.8 Å². The van der Waals surface area contributed by atoms with Crippen molar-refractivity contribution in [1.29, 1.82) is 0 Å². The Labute approximate surface area is 136 Å². The third kappa shape index (κ3) is 4.55. The van der Waals surface area contributed by atoms with Crippen LogP contribution in [0.5, 0.6) is 0 Å². The van der Waals surface area contributed by atoms with Gasteiger partial charge in [0.2, 0.25) is 5.91 Å². The Balaban J connectivity index is 1.84. The molecule has 3 unspecified atom stereocenters. The van der Waals surface area contributed by atoms with Gasteiger partial charge in [-0.2, -0.15) is 0 Å². The van der Waals surface area contributed by atoms with Crippen LogP contribution in [0.1, 0.15) is 38.7 Å². The first-order valence-electron chi connectivity index (χ1n) is 7.76. The van der Waals surface area contributed by atoms with Crippen molar-refractivity contribution in [3.05, 3.63) is 28.2 Å². The van der Waals surface area contributed by atoms with Gasteiger partial charge in [0.1, 0.15) is 0 Å². The Bertz CT molecular complexity index is 504. The minimum absolute atomic E-state index is 0.0185. The Kier molecular flexibility index (Phi) is 5.82. The molecule has 1 saturated carbocycles. The highest BCUT2D eigenvalue weighted by Gasteiger charge is 2.26. The first-order chi connectivity index (χ1) is 9.97. The van der Waals surface area contributed by atoms with E-state index >= 15 is 0 Å². The molecule has 1 aromatic rings. The molecule has 1 fully saturated rings. The zero-order valence-corrected chi connectivity index (χ0v) is 14.7. The molecular formula is C17H25BrN2O. The number of nitrogens with one attached hydrogen (secondary N) is 2. The van der Waals surface area contributed by atoms with Gasteiger partial charge in [0.15, 0.2) is 0 Å². The highest BCUT2D eigenvalue weighted by molar-refractivity contribution is 9.10. The van der Waals surface area contributed by atoms with Crippen LogP contribution in [0.4, 0.5) is 5.69 Å². The van der Waals surface area contributed by atoms with Crippen molar-refractivity contribution in [1.82, 2.24) is 5.32 Å². The predicted octanol–water partition coefficient (Wildman–Crippen LogP) is 4.11. The number of carbonyl (C=O) groups is 1. The summed E-state index contributed by atoms with van der Waals surface area (Å²) in [7, 11) is 0. The van der Waals surface area contributed by atoms with E-state index in [4.69, 9.17) is 0 Å². The van der Waals surface area contributed by atoms with Gasteiger partial charge in [0.25, 0.3) is 0 Å². The van der Waals surface area contributed by atoms with Crippen LogP contribution in [0, 0.1) is 18.8 Å². The summed E-state index contributed by atoms with van der Waals surface area (Å²) in [4.78, 5) is 12.1. The molecule has 1 aliphatic rings. The fourth-order valence-corrected chi connectivity index (χ4v) is 3.60. The lowest BCUT2D eigenvalue weighted by atomic mass is 9.78. The molecule has 0 aliphatic heterocycles. The van der Waals surface area contributed by atoms with Crippen molar-refractivity contribution in [2.45, 2.75) is 46.1 Å². The summed E-state index contributed by atoms with van der Waals surface area (Å²) in [5.41, 5.74) is 2.00. The minimum Gasteiger partial charge on any atom is -0.324 e. The predicted molar refractivity (Wildman–Crippen MR) is 91.5 cm³/mol. The molecule has 2 rings (SSSR count). The highest BCUT2D eigenvalue weighted by Crippen LogP contribution is 2.29. The molecule has 0 bridgehead atoms. The molecule has 0 heterocycles. The van der Waals surface area contributed by atoms with E-state index in [1.165, 1.54) is 24.8 Å². The van der Waals surface area contributed by atoms with Gasteiger partial charge in [-0.3, -0.25) is 4.79 Å². The molecule has 0 aromatic heterocycles. The normalized spacial score (nSPS) is 25.6. The van der Waals surface area contributed by atoms with Gasteiger partial charge in [0.05, 0.1) is 12.2 Å². The summed E-state index contributed by atoms with van der Waals surface area (Å²) in [6.07, 6.45) is 3.74. The summed E-state index contributed by atoms with van der Waals surface area (Å²) in [6.45, 7) is 7.00. The van der Waals surface area contributed by atoms with E-state index in [0.29, 0.717) is 18.5 Å². The molecule has 116 valence electrons. The average molecular weight is 353 g/mol. The monoisotopic (exact) mass is 352 g/mol. The number of hydrogen-bond donors (Lipinski definition) is 2. The van der Waals surface area contributed by atoms with Crippen LogP contribution in [0.25, 0.3) is 0 Å². The second-order valence-electron chi connectivity index (χ2n) is 6.29. The van der Waals surface area contributed by atoms with Crippen LogP contribution in [-0.2, 0) is 4.79 Å². The van der Waals surface area contributed by atoms with Crippen molar-refractivity contribution in [3.8, 4) is 0 Å². The number of benzene rings is 1. The maximum absolute atomic E-state index is 12.1. The number of carbonyl (C=O) groups excluding carboxylic acids is 1. The lowest BCUT2D eigenvalue weighted by molar-refractivity contribution is -0.115. The van der Waals surface area contributed by atoms with E-state index in [2.05, 4.69) is 40.4 Å².